The minimum atomic E-state index is -0.559. The minimum absolute atomic E-state index is 0.0748. The Morgan fingerprint density at radius 2 is 2.06 bits per heavy atom. The molecule has 0 aliphatic carbocycles. The van der Waals surface area contributed by atoms with Gasteiger partial charge in [0.05, 0.1) is 17.8 Å². The number of anilines is 3. The molecule has 0 unspecified atom stereocenters. The number of piperidine rings is 1. The molecule has 2 N–H and O–H groups in total. The van der Waals surface area contributed by atoms with E-state index in [4.69, 9.17) is 16.3 Å². The van der Waals surface area contributed by atoms with Crippen LogP contribution in [0.4, 0.5) is 21.6 Å². The zero-order valence-electron chi connectivity index (χ0n) is 18.3. The van der Waals surface area contributed by atoms with Gasteiger partial charge in [-0.1, -0.05) is 23.2 Å². The van der Waals surface area contributed by atoms with Gasteiger partial charge in [0.15, 0.2) is 0 Å². The van der Waals surface area contributed by atoms with Crippen LogP contribution in [0.15, 0.2) is 54.4 Å². The summed E-state index contributed by atoms with van der Waals surface area (Å²) < 4.78 is 19.8. The molecule has 0 radical (unpaired) electrons. The van der Waals surface area contributed by atoms with Crippen molar-refractivity contribution in [2.24, 2.45) is 0 Å². The van der Waals surface area contributed by atoms with E-state index in [2.05, 4.69) is 25.5 Å². The van der Waals surface area contributed by atoms with E-state index >= 15 is 0 Å². The Bertz CT molecular complexity index is 1180. The lowest BCUT2D eigenvalue weighted by Crippen LogP contribution is -2.33. The van der Waals surface area contributed by atoms with Crippen molar-refractivity contribution < 1.29 is 13.9 Å². The average molecular weight is 470 g/mol. The number of likely N-dealkylation sites (tertiary alicyclic amines) is 1. The Morgan fingerprint density at radius 1 is 1.24 bits per heavy atom. The second kappa shape index (κ2) is 10.7. The second-order valence-corrected chi connectivity index (χ2v) is 8.27. The third kappa shape index (κ3) is 6.04. The summed E-state index contributed by atoms with van der Waals surface area (Å²) in [6, 6.07) is 10.0. The van der Waals surface area contributed by atoms with E-state index in [0.29, 0.717) is 28.4 Å². The zero-order chi connectivity index (χ0) is 23.2. The molecular formula is C24H25ClFN5O2. The SMILES string of the molecule is COCCN1CCC(=CC(=O)Nc2cc3c(Nc4cccc(Cl)c4)ncnc3cc2F)CC1. The fourth-order valence-electron chi connectivity index (χ4n) is 3.76. The van der Waals surface area contributed by atoms with Gasteiger partial charge < -0.3 is 20.3 Å². The Kier molecular flexibility index (Phi) is 7.49. The zero-order valence-corrected chi connectivity index (χ0v) is 19.0. The average Bonchev–Trinajstić information content (AvgIpc) is 2.79. The minimum Gasteiger partial charge on any atom is -0.383 e. The van der Waals surface area contributed by atoms with E-state index in [-0.39, 0.29) is 11.6 Å². The van der Waals surface area contributed by atoms with Crippen LogP contribution in [0.25, 0.3) is 10.9 Å². The van der Waals surface area contributed by atoms with Crippen LogP contribution < -0.4 is 10.6 Å². The third-order valence-electron chi connectivity index (χ3n) is 5.51. The van der Waals surface area contributed by atoms with Crippen LogP contribution >= 0.6 is 11.6 Å². The number of methoxy groups -OCH3 is 1. The van der Waals surface area contributed by atoms with Crippen molar-refractivity contribution in [3.63, 3.8) is 0 Å². The van der Waals surface area contributed by atoms with Crippen molar-refractivity contribution in [1.29, 1.82) is 0 Å². The van der Waals surface area contributed by atoms with Gasteiger partial charge in [0.1, 0.15) is 18.0 Å². The fourth-order valence-corrected chi connectivity index (χ4v) is 3.95. The maximum atomic E-state index is 14.7. The topological polar surface area (TPSA) is 79.4 Å². The lowest BCUT2D eigenvalue weighted by Gasteiger charge is -2.27. The molecule has 2 heterocycles. The van der Waals surface area contributed by atoms with Gasteiger partial charge in [0.2, 0.25) is 5.91 Å². The molecule has 172 valence electrons. The number of halogens is 2. The van der Waals surface area contributed by atoms with Crippen LogP contribution in [-0.4, -0.2) is 54.1 Å². The maximum Gasteiger partial charge on any atom is 0.248 e. The number of fused-ring (bicyclic) bond motifs is 1. The van der Waals surface area contributed by atoms with Crippen molar-refractivity contribution in [3.05, 3.63) is 65.2 Å². The van der Waals surface area contributed by atoms with Gasteiger partial charge in [-0.15, -0.1) is 0 Å². The first-order chi connectivity index (χ1) is 16.0. The van der Waals surface area contributed by atoms with Gasteiger partial charge in [-0.25, -0.2) is 14.4 Å². The van der Waals surface area contributed by atoms with E-state index in [9.17, 15) is 9.18 Å². The molecule has 2 aromatic carbocycles. The number of aromatic nitrogens is 2. The van der Waals surface area contributed by atoms with E-state index in [0.717, 1.165) is 43.7 Å². The van der Waals surface area contributed by atoms with Crippen molar-refractivity contribution in [1.82, 2.24) is 14.9 Å². The van der Waals surface area contributed by atoms with E-state index in [1.165, 1.54) is 12.4 Å². The molecule has 1 aromatic heterocycles. The molecule has 9 heteroatoms. The molecule has 7 nitrogen and oxygen atoms in total. The van der Waals surface area contributed by atoms with Crippen LogP contribution in [0.2, 0.25) is 5.02 Å². The Labute approximate surface area is 196 Å². The number of carbonyl (C=O) groups excluding carboxylic acids is 1. The number of nitrogens with zero attached hydrogens (tertiary/aromatic N) is 3. The molecule has 4 rings (SSSR count). The largest absolute Gasteiger partial charge is 0.383 e. The molecule has 0 atom stereocenters. The van der Waals surface area contributed by atoms with Crippen LogP contribution in [0.1, 0.15) is 12.8 Å². The lowest BCUT2D eigenvalue weighted by molar-refractivity contribution is -0.112. The molecule has 0 bridgehead atoms. The number of hydrogen-bond donors (Lipinski definition) is 2. The Balaban J connectivity index is 1.50. The van der Waals surface area contributed by atoms with Gasteiger partial charge in [-0.3, -0.25) is 4.79 Å². The number of rotatable bonds is 7. The standard InChI is InChI=1S/C24H25ClFN5O2/c1-33-10-9-31-7-5-16(6-8-31)11-23(32)30-22-13-19-21(14-20(22)26)27-15-28-24(19)29-18-4-2-3-17(25)12-18/h2-4,11-15H,5-10H2,1H3,(H,30,32)(H,27,28,29). The number of amides is 1. The summed E-state index contributed by atoms with van der Waals surface area (Å²) >= 11 is 6.06. The molecule has 0 spiro atoms. The van der Waals surface area contributed by atoms with E-state index in [1.54, 1.807) is 31.4 Å². The highest BCUT2D eigenvalue weighted by Crippen LogP contribution is 2.29. The molecule has 1 aliphatic heterocycles. The quantitative estimate of drug-likeness (QED) is 0.485. The number of nitrogens with one attached hydrogen (secondary N) is 2. The number of hydrogen-bond acceptors (Lipinski definition) is 6. The second-order valence-electron chi connectivity index (χ2n) is 7.83. The summed E-state index contributed by atoms with van der Waals surface area (Å²) in [6.07, 6.45) is 4.54. The maximum absolute atomic E-state index is 14.7. The predicted molar refractivity (Wildman–Crippen MR) is 128 cm³/mol. The van der Waals surface area contributed by atoms with Gasteiger partial charge in [0.25, 0.3) is 0 Å². The van der Waals surface area contributed by atoms with Crippen LogP contribution in [-0.2, 0) is 9.53 Å². The highest BCUT2D eigenvalue weighted by atomic mass is 35.5. The summed E-state index contributed by atoms with van der Waals surface area (Å²) in [5.74, 6) is -0.426. The Hall–Kier alpha value is -3.07. The molecule has 1 fully saturated rings. The first-order valence-corrected chi connectivity index (χ1v) is 11.1. The lowest BCUT2D eigenvalue weighted by atomic mass is 10.0. The normalized spacial score (nSPS) is 14.3. The van der Waals surface area contributed by atoms with Crippen molar-refractivity contribution in [3.8, 4) is 0 Å². The highest BCUT2D eigenvalue weighted by molar-refractivity contribution is 6.30. The third-order valence-corrected chi connectivity index (χ3v) is 5.75. The van der Waals surface area contributed by atoms with Crippen LogP contribution in [0.3, 0.4) is 0 Å². The van der Waals surface area contributed by atoms with Crippen LogP contribution in [0, 0.1) is 5.82 Å². The molecule has 1 amide bonds. The van der Waals surface area contributed by atoms with Crippen molar-refractivity contribution in [2.45, 2.75) is 12.8 Å². The number of ether oxygens (including phenoxy) is 1. The first kappa shape index (κ1) is 23.1. The molecular weight excluding hydrogens is 445 g/mol. The summed E-state index contributed by atoms with van der Waals surface area (Å²) in [5, 5.41) is 7.00. The summed E-state index contributed by atoms with van der Waals surface area (Å²) in [7, 11) is 1.69. The highest BCUT2D eigenvalue weighted by Gasteiger charge is 2.16. The Morgan fingerprint density at radius 3 is 2.82 bits per heavy atom. The fraction of sp³-hybridized carbons (Fsp3) is 0.292. The van der Waals surface area contributed by atoms with Gasteiger partial charge in [-0.05, 0) is 37.1 Å². The van der Waals surface area contributed by atoms with Crippen molar-refractivity contribution in [2.75, 3.05) is 44.0 Å². The molecule has 1 aliphatic rings. The summed E-state index contributed by atoms with van der Waals surface area (Å²) in [4.78, 5) is 23.3. The summed E-state index contributed by atoms with van der Waals surface area (Å²) in [6.45, 7) is 3.33. The van der Waals surface area contributed by atoms with E-state index < -0.39 is 5.82 Å². The number of benzene rings is 2. The first-order valence-electron chi connectivity index (χ1n) is 10.7. The van der Waals surface area contributed by atoms with Gasteiger partial charge >= 0.3 is 0 Å². The van der Waals surface area contributed by atoms with Gasteiger partial charge in [0, 0.05) is 55.0 Å². The molecule has 3 aromatic rings. The molecule has 0 saturated carbocycles. The molecule has 1 saturated heterocycles. The smallest absolute Gasteiger partial charge is 0.248 e. The van der Waals surface area contributed by atoms with Gasteiger partial charge in [-0.2, -0.15) is 0 Å². The molecule has 33 heavy (non-hydrogen) atoms. The predicted octanol–water partition coefficient (Wildman–Crippen LogP) is 4.77. The monoisotopic (exact) mass is 469 g/mol. The van der Waals surface area contributed by atoms with Crippen LogP contribution in [0.5, 0.6) is 0 Å². The van der Waals surface area contributed by atoms with Crippen molar-refractivity contribution >= 4 is 45.6 Å². The summed E-state index contributed by atoms with van der Waals surface area (Å²) in [5.41, 5.74) is 2.28. The van der Waals surface area contributed by atoms with E-state index in [1.807, 2.05) is 12.1 Å². The number of carbonyl (C=O) groups is 1.